The molecule has 0 bridgehead atoms. The number of hydrogen-bond acceptors (Lipinski definition) is 6. The second-order valence-corrected chi connectivity index (χ2v) is 6.33. The lowest BCUT2D eigenvalue weighted by molar-refractivity contribution is 0.361. The third-order valence-corrected chi connectivity index (χ3v) is 3.68. The Kier molecular flexibility index (Phi) is 4.02. The summed E-state index contributed by atoms with van der Waals surface area (Å²) < 4.78 is 7.14. The van der Waals surface area contributed by atoms with E-state index in [9.17, 15) is 0 Å². The van der Waals surface area contributed by atoms with Crippen LogP contribution in [0.25, 0.3) is 5.65 Å². The van der Waals surface area contributed by atoms with Crippen LogP contribution in [0.2, 0.25) is 0 Å². The van der Waals surface area contributed by atoms with Gasteiger partial charge in [0.25, 0.3) is 0 Å². The highest BCUT2D eigenvalue weighted by atomic mass is 16.5. The minimum atomic E-state index is -0.121. The van der Waals surface area contributed by atoms with Gasteiger partial charge in [-0.3, -0.25) is 0 Å². The second-order valence-electron chi connectivity index (χ2n) is 6.33. The lowest BCUT2D eigenvalue weighted by atomic mass is 10.1. The van der Waals surface area contributed by atoms with Gasteiger partial charge in [0.2, 0.25) is 5.89 Å². The van der Waals surface area contributed by atoms with Gasteiger partial charge in [-0.1, -0.05) is 32.9 Å². The summed E-state index contributed by atoms with van der Waals surface area (Å²) >= 11 is 0. The maximum Gasteiger partial charge on any atom is 0.248 e. The zero-order chi connectivity index (χ0) is 16.6. The molecule has 3 aromatic heterocycles. The molecule has 0 saturated heterocycles. The first-order chi connectivity index (χ1) is 11.0. The van der Waals surface area contributed by atoms with Gasteiger partial charge in [-0.25, -0.2) is 4.98 Å². The molecule has 3 aromatic rings. The molecule has 7 nitrogen and oxygen atoms in total. The van der Waals surface area contributed by atoms with E-state index in [0.717, 1.165) is 23.0 Å². The molecule has 1 N–H and O–H groups in total. The van der Waals surface area contributed by atoms with Crippen LogP contribution in [0.3, 0.4) is 0 Å². The first kappa shape index (κ1) is 15.5. The van der Waals surface area contributed by atoms with E-state index in [1.165, 1.54) is 0 Å². The summed E-state index contributed by atoms with van der Waals surface area (Å²) in [5.74, 6) is 2.72. The van der Waals surface area contributed by atoms with Crippen LogP contribution in [0.15, 0.2) is 22.9 Å². The maximum atomic E-state index is 5.36. The summed E-state index contributed by atoms with van der Waals surface area (Å²) in [5, 5.41) is 11.7. The molecule has 7 heteroatoms. The van der Waals surface area contributed by atoms with Gasteiger partial charge in [0.1, 0.15) is 11.9 Å². The Balaban J connectivity index is 1.91. The number of aromatic nitrogens is 5. The van der Waals surface area contributed by atoms with Crippen molar-refractivity contribution in [1.29, 1.82) is 0 Å². The molecule has 0 aromatic carbocycles. The average molecular weight is 314 g/mol. The van der Waals surface area contributed by atoms with Gasteiger partial charge in [0, 0.05) is 23.7 Å². The molecule has 0 spiro atoms. The molecule has 3 rings (SSSR count). The quantitative estimate of drug-likeness (QED) is 0.776. The lowest BCUT2D eigenvalue weighted by Gasteiger charge is -2.14. The highest BCUT2D eigenvalue weighted by Crippen LogP contribution is 2.23. The molecule has 0 fully saturated rings. The van der Waals surface area contributed by atoms with Crippen LogP contribution in [-0.2, 0) is 0 Å². The lowest BCUT2D eigenvalue weighted by Crippen LogP contribution is -2.12. The van der Waals surface area contributed by atoms with E-state index < -0.39 is 0 Å². The molecule has 0 unspecified atom stereocenters. The van der Waals surface area contributed by atoms with Crippen molar-refractivity contribution in [2.45, 2.75) is 52.5 Å². The van der Waals surface area contributed by atoms with E-state index in [0.29, 0.717) is 11.8 Å². The molecule has 23 heavy (non-hydrogen) atoms. The summed E-state index contributed by atoms with van der Waals surface area (Å²) in [6.07, 6.45) is 1.74. The van der Waals surface area contributed by atoms with Gasteiger partial charge in [-0.2, -0.15) is 14.6 Å². The summed E-state index contributed by atoms with van der Waals surface area (Å²) in [5.41, 5.74) is 1.83. The first-order valence-corrected chi connectivity index (χ1v) is 7.90. The Morgan fingerprint density at radius 2 is 1.87 bits per heavy atom. The number of nitrogens with zero attached hydrogens (tertiary/aromatic N) is 5. The van der Waals surface area contributed by atoms with Crippen molar-refractivity contribution in [2.75, 3.05) is 5.32 Å². The summed E-state index contributed by atoms with van der Waals surface area (Å²) in [4.78, 5) is 9.06. The Bertz CT molecular complexity index is 804. The van der Waals surface area contributed by atoms with Crippen molar-refractivity contribution in [2.24, 2.45) is 0 Å². The monoisotopic (exact) mass is 314 g/mol. The number of hydrogen-bond donors (Lipinski definition) is 1. The van der Waals surface area contributed by atoms with E-state index in [4.69, 9.17) is 4.52 Å². The largest absolute Gasteiger partial charge is 0.358 e. The van der Waals surface area contributed by atoms with Gasteiger partial charge in [0.15, 0.2) is 11.5 Å². The third kappa shape index (κ3) is 3.04. The van der Waals surface area contributed by atoms with Gasteiger partial charge in [-0.15, -0.1) is 0 Å². The standard InChI is InChI=1S/C16H22N6O/c1-9(2)12-8-14(22-13(19-12)6-7-17-22)18-11(5)16-20-15(10(3)4)21-23-16/h6-11,18H,1-5H3/t11-/m1/s1. The van der Waals surface area contributed by atoms with E-state index in [1.807, 2.05) is 32.9 Å². The summed E-state index contributed by atoms with van der Waals surface area (Å²) in [6, 6.07) is 3.79. The molecule has 3 heterocycles. The van der Waals surface area contributed by atoms with Crippen LogP contribution in [0.4, 0.5) is 5.82 Å². The van der Waals surface area contributed by atoms with E-state index >= 15 is 0 Å². The molecule has 0 aliphatic carbocycles. The number of nitrogens with one attached hydrogen (secondary N) is 1. The van der Waals surface area contributed by atoms with Crippen LogP contribution >= 0.6 is 0 Å². The van der Waals surface area contributed by atoms with E-state index in [-0.39, 0.29) is 12.0 Å². The minimum Gasteiger partial charge on any atom is -0.358 e. The fourth-order valence-corrected chi connectivity index (χ4v) is 2.27. The van der Waals surface area contributed by atoms with Crippen LogP contribution < -0.4 is 5.32 Å². The Morgan fingerprint density at radius 3 is 2.52 bits per heavy atom. The smallest absolute Gasteiger partial charge is 0.248 e. The number of rotatable bonds is 5. The molecule has 0 aliphatic heterocycles. The SMILES string of the molecule is CC(C)c1cc(N[C@H](C)c2nc(C(C)C)no2)n2nccc2n1. The summed E-state index contributed by atoms with van der Waals surface area (Å²) in [7, 11) is 0. The van der Waals surface area contributed by atoms with Crippen molar-refractivity contribution in [3.05, 3.63) is 35.7 Å². The first-order valence-electron chi connectivity index (χ1n) is 7.90. The number of anilines is 1. The van der Waals surface area contributed by atoms with Crippen LogP contribution in [0, 0.1) is 0 Å². The Hall–Kier alpha value is -2.44. The zero-order valence-corrected chi connectivity index (χ0v) is 14.1. The number of fused-ring (bicyclic) bond motifs is 1. The highest BCUT2D eigenvalue weighted by Gasteiger charge is 2.18. The van der Waals surface area contributed by atoms with Crippen molar-refractivity contribution < 1.29 is 4.52 Å². The molecule has 1 atom stereocenters. The van der Waals surface area contributed by atoms with Gasteiger partial charge >= 0.3 is 0 Å². The van der Waals surface area contributed by atoms with Gasteiger partial charge < -0.3 is 9.84 Å². The van der Waals surface area contributed by atoms with Crippen LogP contribution in [0.1, 0.15) is 69.9 Å². The molecule has 122 valence electrons. The van der Waals surface area contributed by atoms with Crippen molar-refractivity contribution in [3.63, 3.8) is 0 Å². The van der Waals surface area contributed by atoms with Crippen LogP contribution in [-0.4, -0.2) is 24.7 Å². The minimum absolute atomic E-state index is 0.121. The van der Waals surface area contributed by atoms with Crippen molar-refractivity contribution >= 4 is 11.5 Å². The van der Waals surface area contributed by atoms with Gasteiger partial charge in [-0.05, 0) is 12.8 Å². The Morgan fingerprint density at radius 1 is 1.09 bits per heavy atom. The zero-order valence-electron chi connectivity index (χ0n) is 14.1. The predicted molar refractivity (Wildman–Crippen MR) is 87.5 cm³/mol. The predicted octanol–water partition coefficient (Wildman–Crippen LogP) is 3.53. The molecule has 0 amide bonds. The third-order valence-electron chi connectivity index (χ3n) is 3.68. The van der Waals surface area contributed by atoms with Crippen LogP contribution in [0.5, 0.6) is 0 Å². The molecular weight excluding hydrogens is 292 g/mol. The van der Waals surface area contributed by atoms with Crippen molar-refractivity contribution in [3.8, 4) is 0 Å². The highest BCUT2D eigenvalue weighted by molar-refractivity contribution is 5.50. The summed E-state index contributed by atoms with van der Waals surface area (Å²) in [6.45, 7) is 10.3. The maximum absolute atomic E-state index is 5.36. The fourth-order valence-electron chi connectivity index (χ4n) is 2.27. The topological polar surface area (TPSA) is 81.1 Å². The molecule has 0 saturated carbocycles. The van der Waals surface area contributed by atoms with E-state index in [1.54, 1.807) is 10.7 Å². The van der Waals surface area contributed by atoms with Gasteiger partial charge in [0.05, 0.1) is 6.20 Å². The normalized spacial score (nSPS) is 13.2. The van der Waals surface area contributed by atoms with E-state index in [2.05, 4.69) is 39.4 Å². The Labute approximate surface area is 135 Å². The average Bonchev–Trinajstić information content (AvgIpc) is 3.16. The van der Waals surface area contributed by atoms with Crippen molar-refractivity contribution in [1.82, 2.24) is 24.7 Å². The second kappa shape index (κ2) is 5.98. The molecule has 0 radical (unpaired) electrons. The fraction of sp³-hybridized carbons (Fsp3) is 0.500. The molecule has 0 aliphatic rings. The molecular formula is C16H22N6O.